The summed E-state index contributed by atoms with van der Waals surface area (Å²) in [5.74, 6) is -6.37. The summed E-state index contributed by atoms with van der Waals surface area (Å²) in [5, 5.41) is 0. The largest absolute Gasteiger partial charge is 0.206 e. The summed E-state index contributed by atoms with van der Waals surface area (Å²) in [4.78, 5) is 0. The summed E-state index contributed by atoms with van der Waals surface area (Å²) in [6.45, 7) is 2.11. The molecule has 5 heteroatoms. The maximum Gasteiger partial charge on any atom is 0.194 e. The van der Waals surface area contributed by atoms with Gasteiger partial charge in [-0.05, 0) is 60.6 Å². The van der Waals surface area contributed by atoms with Gasteiger partial charge in [-0.3, -0.25) is 0 Å². The van der Waals surface area contributed by atoms with Gasteiger partial charge in [-0.2, -0.15) is 0 Å². The number of unbranched alkanes of at least 4 members (excludes halogenated alkanes) is 2. The first-order chi connectivity index (χ1) is 12.4. The van der Waals surface area contributed by atoms with Crippen molar-refractivity contribution in [3.8, 4) is 11.1 Å². The van der Waals surface area contributed by atoms with E-state index in [1.54, 1.807) is 6.08 Å². The first-order valence-corrected chi connectivity index (χ1v) is 8.77. The number of fused-ring (bicyclic) bond motifs is 1. The van der Waals surface area contributed by atoms with Crippen LogP contribution in [0, 0.1) is 29.1 Å². The molecule has 0 spiro atoms. The van der Waals surface area contributed by atoms with Crippen molar-refractivity contribution < 1.29 is 22.0 Å². The quantitative estimate of drug-likeness (QED) is 0.305. The van der Waals surface area contributed by atoms with E-state index in [9.17, 15) is 22.0 Å². The van der Waals surface area contributed by atoms with Crippen LogP contribution in [0.15, 0.2) is 23.8 Å². The summed E-state index contributed by atoms with van der Waals surface area (Å²) < 4.78 is 69.4. The summed E-state index contributed by atoms with van der Waals surface area (Å²) in [6.07, 6.45) is 7.01. The van der Waals surface area contributed by atoms with Crippen LogP contribution in [0.25, 0.3) is 17.2 Å². The Hall–Kier alpha value is -2.17. The van der Waals surface area contributed by atoms with Crippen molar-refractivity contribution in [2.75, 3.05) is 0 Å². The molecule has 0 aliphatic heterocycles. The predicted molar refractivity (Wildman–Crippen MR) is 92.1 cm³/mol. The lowest BCUT2D eigenvalue weighted by Crippen LogP contribution is -2.06. The highest BCUT2D eigenvalue weighted by molar-refractivity contribution is 5.71. The van der Waals surface area contributed by atoms with Gasteiger partial charge < -0.3 is 0 Å². The molecule has 0 N–H and O–H groups in total. The minimum atomic E-state index is -1.66. The van der Waals surface area contributed by atoms with E-state index in [4.69, 9.17) is 0 Å². The van der Waals surface area contributed by atoms with Crippen molar-refractivity contribution in [3.63, 3.8) is 0 Å². The Balaban J connectivity index is 2.02. The third kappa shape index (κ3) is 3.53. The maximum absolute atomic E-state index is 14.9. The van der Waals surface area contributed by atoms with Crippen molar-refractivity contribution in [2.24, 2.45) is 0 Å². The average molecular weight is 366 g/mol. The van der Waals surface area contributed by atoms with Crippen LogP contribution in [0.2, 0.25) is 0 Å². The van der Waals surface area contributed by atoms with Crippen LogP contribution in [0.3, 0.4) is 0 Å². The molecule has 0 bridgehead atoms. The summed E-state index contributed by atoms with van der Waals surface area (Å²) in [6, 6.07) is 2.41. The first-order valence-electron chi connectivity index (χ1n) is 8.77. The predicted octanol–water partition coefficient (Wildman–Crippen LogP) is 6.96. The number of allylic oxidation sites excluding steroid dienone is 1. The number of rotatable bonds is 5. The smallest absolute Gasteiger partial charge is 0.194 e. The average Bonchev–Trinajstić information content (AvgIpc) is 2.59. The van der Waals surface area contributed by atoms with Gasteiger partial charge in [-0.1, -0.05) is 31.4 Å². The highest BCUT2D eigenvalue weighted by Crippen LogP contribution is 2.36. The molecule has 2 aromatic rings. The highest BCUT2D eigenvalue weighted by Gasteiger charge is 2.23. The molecule has 1 aliphatic rings. The van der Waals surface area contributed by atoms with Crippen molar-refractivity contribution in [1.29, 1.82) is 0 Å². The second-order valence-electron chi connectivity index (χ2n) is 6.63. The maximum atomic E-state index is 14.9. The van der Waals surface area contributed by atoms with E-state index in [0.717, 1.165) is 31.3 Å². The number of halogens is 5. The van der Waals surface area contributed by atoms with E-state index in [-0.39, 0.29) is 5.56 Å². The van der Waals surface area contributed by atoms with Crippen molar-refractivity contribution in [2.45, 2.75) is 45.4 Å². The van der Waals surface area contributed by atoms with E-state index in [0.29, 0.717) is 36.1 Å². The standard InChI is InChI=1S/C21H19F5/c1-2-3-4-5-12-6-7-15-13(8-12)9-16(22)19(20(15)25)14-10-17(23)21(26)18(24)11-14/h8-11H,2-7H2,1H3. The van der Waals surface area contributed by atoms with Crippen LogP contribution in [-0.4, -0.2) is 0 Å². The fourth-order valence-electron chi connectivity index (χ4n) is 3.40. The Kier molecular flexibility index (Phi) is 5.44. The lowest BCUT2D eigenvalue weighted by Gasteiger charge is -2.20. The molecule has 0 atom stereocenters. The van der Waals surface area contributed by atoms with Crippen molar-refractivity contribution in [1.82, 2.24) is 0 Å². The molecule has 0 amide bonds. The van der Waals surface area contributed by atoms with Crippen molar-refractivity contribution >= 4 is 6.08 Å². The zero-order chi connectivity index (χ0) is 18.8. The van der Waals surface area contributed by atoms with Crippen molar-refractivity contribution in [3.05, 3.63) is 64.0 Å². The number of benzene rings is 2. The van der Waals surface area contributed by atoms with Gasteiger partial charge >= 0.3 is 0 Å². The molecule has 0 fully saturated rings. The van der Waals surface area contributed by atoms with Gasteiger partial charge in [0.1, 0.15) is 11.6 Å². The van der Waals surface area contributed by atoms with Crippen LogP contribution in [0.4, 0.5) is 22.0 Å². The monoisotopic (exact) mass is 366 g/mol. The third-order valence-corrected chi connectivity index (χ3v) is 4.78. The van der Waals surface area contributed by atoms with Gasteiger partial charge in [0.05, 0.1) is 5.56 Å². The van der Waals surface area contributed by atoms with E-state index in [2.05, 4.69) is 6.92 Å². The van der Waals surface area contributed by atoms with Crippen LogP contribution >= 0.6 is 0 Å². The zero-order valence-electron chi connectivity index (χ0n) is 14.4. The number of hydrogen-bond acceptors (Lipinski definition) is 0. The molecule has 1 aliphatic carbocycles. The molecule has 0 saturated carbocycles. The molecule has 0 aromatic heterocycles. The highest BCUT2D eigenvalue weighted by atomic mass is 19.2. The molecule has 138 valence electrons. The molecular weight excluding hydrogens is 347 g/mol. The Morgan fingerprint density at radius 1 is 0.808 bits per heavy atom. The van der Waals surface area contributed by atoms with Gasteiger partial charge in [-0.15, -0.1) is 0 Å². The topological polar surface area (TPSA) is 0 Å². The van der Waals surface area contributed by atoms with E-state index >= 15 is 0 Å². The summed E-state index contributed by atoms with van der Waals surface area (Å²) in [5.41, 5.74) is 1.06. The molecule has 0 unspecified atom stereocenters. The fourth-order valence-corrected chi connectivity index (χ4v) is 3.40. The van der Waals surface area contributed by atoms with Crippen LogP contribution in [0.5, 0.6) is 0 Å². The van der Waals surface area contributed by atoms with Gasteiger partial charge in [0.2, 0.25) is 0 Å². The van der Waals surface area contributed by atoms with Gasteiger partial charge in [-0.25, -0.2) is 22.0 Å². The minimum Gasteiger partial charge on any atom is -0.206 e. The molecule has 0 nitrogen and oxygen atoms in total. The van der Waals surface area contributed by atoms with Crippen LogP contribution in [-0.2, 0) is 6.42 Å². The van der Waals surface area contributed by atoms with Gasteiger partial charge in [0.25, 0.3) is 0 Å². The zero-order valence-corrected chi connectivity index (χ0v) is 14.4. The lowest BCUT2D eigenvalue weighted by molar-refractivity contribution is 0.447. The summed E-state index contributed by atoms with van der Waals surface area (Å²) >= 11 is 0. The molecule has 3 rings (SSSR count). The molecule has 26 heavy (non-hydrogen) atoms. The normalized spacial score (nSPS) is 13.5. The molecular formula is C21H19F5. The first kappa shape index (κ1) is 18.6. The van der Waals surface area contributed by atoms with E-state index in [1.165, 1.54) is 6.07 Å². The summed E-state index contributed by atoms with van der Waals surface area (Å²) in [7, 11) is 0. The van der Waals surface area contributed by atoms with E-state index in [1.807, 2.05) is 0 Å². The van der Waals surface area contributed by atoms with Crippen LogP contribution < -0.4 is 0 Å². The Morgan fingerprint density at radius 3 is 2.15 bits per heavy atom. The SMILES string of the molecule is CCCCCC1=Cc2cc(F)c(-c3cc(F)c(F)c(F)c3)c(F)c2CC1. The number of hydrogen-bond donors (Lipinski definition) is 0. The Bertz CT molecular complexity index is 844. The second kappa shape index (κ2) is 7.60. The molecule has 0 heterocycles. The Labute approximate surface area is 149 Å². The van der Waals surface area contributed by atoms with Crippen LogP contribution in [0.1, 0.15) is 50.2 Å². The minimum absolute atomic E-state index is 0.325. The van der Waals surface area contributed by atoms with Gasteiger partial charge in [0, 0.05) is 0 Å². The molecule has 2 aromatic carbocycles. The third-order valence-electron chi connectivity index (χ3n) is 4.78. The fraction of sp³-hybridized carbons (Fsp3) is 0.333. The molecule has 0 saturated heterocycles. The Morgan fingerprint density at radius 2 is 1.50 bits per heavy atom. The lowest BCUT2D eigenvalue weighted by atomic mass is 9.87. The second-order valence-corrected chi connectivity index (χ2v) is 6.63. The van der Waals surface area contributed by atoms with E-state index < -0.39 is 34.6 Å². The van der Waals surface area contributed by atoms with Gasteiger partial charge in [0.15, 0.2) is 17.5 Å². The molecule has 0 radical (unpaired) electrons.